The van der Waals surface area contributed by atoms with Crippen LogP contribution in [0.2, 0.25) is 0 Å². The Bertz CT molecular complexity index is 413. The van der Waals surface area contributed by atoms with Crippen molar-refractivity contribution in [3.8, 4) is 0 Å². The lowest BCUT2D eigenvalue weighted by Crippen LogP contribution is -2.49. The van der Waals surface area contributed by atoms with E-state index in [1.54, 1.807) is 0 Å². The maximum absolute atomic E-state index is 9.73. The van der Waals surface area contributed by atoms with Crippen molar-refractivity contribution in [2.75, 3.05) is 14.1 Å². The van der Waals surface area contributed by atoms with Gasteiger partial charge in [-0.2, -0.15) is 0 Å². The summed E-state index contributed by atoms with van der Waals surface area (Å²) in [5.74, 6) is 0. The van der Waals surface area contributed by atoms with E-state index in [1.807, 2.05) is 49.3 Å². The minimum Gasteiger partial charge on any atom is -0.286 e. The number of likely N-dealkylation sites (N-methyl/N-ethyl adjacent to an activating group) is 1. The third-order valence-corrected chi connectivity index (χ3v) is 2.39. The van der Waals surface area contributed by atoms with Crippen molar-refractivity contribution in [1.29, 1.82) is 0 Å². The largest absolute Gasteiger partial charge is 0.286 e. The minimum atomic E-state index is -0.306. The zero-order valence-corrected chi connectivity index (χ0v) is 9.28. The van der Waals surface area contributed by atoms with E-state index in [2.05, 4.69) is 10.2 Å². The quantitative estimate of drug-likeness (QED) is 0.806. The van der Waals surface area contributed by atoms with Gasteiger partial charge >= 0.3 is 0 Å². The molecular weight excluding hydrogens is 204 g/mol. The predicted molar refractivity (Wildman–Crippen MR) is 62.6 cm³/mol. The lowest BCUT2D eigenvalue weighted by atomic mass is 10.1. The molecule has 1 aliphatic rings. The minimum absolute atomic E-state index is 0.306. The maximum atomic E-state index is 9.73. The third-order valence-electron chi connectivity index (χ3n) is 2.39. The summed E-state index contributed by atoms with van der Waals surface area (Å²) in [7, 11) is 3.76. The summed E-state index contributed by atoms with van der Waals surface area (Å²) in [6.07, 6.45) is 0.997. The first-order valence-corrected chi connectivity index (χ1v) is 5.00. The van der Waals surface area contributed by atoms with Crippen molar-refractivity contribution < 1.29 is 5.21 Å². The Kier molecular flexibility index (Phi) is 2.98. The predicted octanol–water partition coefficient (Wildman–Crippen LogP) is 1.01. The molecule has 0 aromatic heterocycles. The highest BCUT2D eigenvalue weighted by molar-refractivity contribution is 6.05. The van der Waals surface area contributed by atoms with Crippen molar-refractivity contribution in [1.82, 2.24) is 9.96 Å². The molecule has 0 bridgehead atoms. The number of benzene rings is 1. The second kappa shape index (κ2) is 4.42. The highest BCUT2D eigenvalue weighted by Crippen LogP contribution is 2.13. The van der Waals surface area contributed by atoms with Gasteiger partial charge in [0.15, 0.2) is 6.17 Å². The average molecular weight is 218 g/mol. The van der Waals surface area contributed by atoms with Crippen LogP contribution in [-0.2, 0) is 0 Å². The molecule has 2 rings (SSSR count). The van der Waals surface area contributed by atoms with Gasteiger partial charge in [0, 0.05) is 5.56 Å². The molecule has 5 heteroatoms. The average Bonchev–Trinajstić information content (AvgIpc) is 2.29. The van der Waals surface area contributed by atoms with E-state index < -0.39 is 0 Å². The van der Waals surface area contributed by atoms with E-state index in [1.165, 1.54) is 6.34 Å². The summed E-state index contributed by atoms with van der Waals surface area (Å²) in [4.78, 5) is 1.87. The van der Waals surface area contributed by atoms with Crippen LogP contribution in [0.3, 0.4) is 0 Å². The van der Waals surface area contributed by atoms with Crippen LogP contribution in [0.4, 0.5) is 0 Å². The first-order valence-electron chi connectivity index (χ1n) is 5.00. The Hall–Kier alpha value is -1.72. The van der Waals surface area contributed by atoms with Gasteiger partial charge in [-0.1, -0.05) is 30.3 Å². The Morgan fingerprint density at radius 1 is 1.25 bits per heavy atom. The summed E-state index contributed by atoms with van der Waals surface area (Å²) >= 11 is 0. The van der Waals surface area contributed by atoms with Gasteiger partial charge in [-0.05, 0) is 14.1 Å². The zero-order chi connectivity index (χ0) is 11.5. The Morgan fingerprint density at radius 3 is 2.56 bits per heavy atom. The normalized spacial score (nSPS) is 20.1. The summed E-state index contributed by atoms with van der Waals surface area (Å²) in [5.41, 5.74) is 1.69. The van der Waals surface area contributed by atoms with Crippen LogP contribution in [0.25, 0.3) is 0 Å². The fraction of sp³-hybridized carbons (Fsp3) is 0.273. The van der Waals surface area contributed by atoms with Crippen molar-refractivity contribution in [3.63, 3.8) is 0 Å². The Morgan fingerprint density at radius 2 is 1.94 bits per heavy atom. The van der Waals surface area contributed by atoms with Crippen molar-refractivity contribution in [3.05, 3.63) is 35.9 Å². The van der Waals surface area contributed by atoms with Gasteiger partial charge in [-0.3, -0.25) is 10.1 Å². The first-order chi connectivity index (χ1) is 7.70. The molecule has 0 amide bonds. The van der Waals surface area contributed by atoms with E-state index in [4.69, 9.17) is 0 Å². The van der Waals surface area contributed by atoms with Crippen molar-refractivity contribution in [2.24, 2.45) is 10.2 Å². The first kappa shape index (κ1) is 10.8. The van der Waals surface area contributed by atoms with Crippen molar-refractivity contribution in [2.45, 2.75) is 6.17 Å². The van der Waals surface area contributed by atoms with Gasteiger partial charge < -0.3 is 0 Å². The monoisotopic (exact) mass is 218 g/mol. The molecule has 0 aliphatic carbocycles. The van der Waals surface area contributed by atoms with Crippen LogP contribution >= 0.6 is 0 Å². The van der Waals surface area contributed by atoms with E-state index in [0.717, 1.165) is 16.3 Å². The molecule has 1 aromatic carbocycles. The molecule has 0 saturated carbocycles. The topological polar surface area (TPSA) is 51.4 Å². The number of hydrogen-bond acceptors (Lipinski definition) is 5. The molecule has 0 radical (unpaired) electrons. The molecule has 1 atom stereocenters. The van der Waals surface area contributed by atoms with Crippen LogP contribution in [0.1, 0.15) is 5.56 Å². The molecule has 1 aliphatic heterocycles. The summed E-state index contributed by atoms with van der Waals surface area (Å²) in [6.45, 7) is 0. The summed E-state index contributed by atoms with van der Waals surface area (Å²) in [5, 5.41) is 18.6. The van der Waals surface area contributed by atoms with Crippen molar-refractivity contribution >= 4 is 12.1 Å². The van der Waals surface area contributed by atoms with E-state index in [9.17, 15) is 5.21 Å². The molecule has 1 aromatic rings. The van der Waals surface area contributed by atoms with Crippen LogP contribution < -0.4 is 0 Å². The molecule has 5 nitrogen and oxygen atoms in total. The van der Waals surface area contributed by atoms with Crippen LogP contribution in [0.15, 0.2) is 40.5 Å². The Labute approximate surface area is 94.3 Å². The third kappa shape index (κ3) is 1.95. The molecule has 1 unspecified atom stereocenters. The zero-order valence-electron chi connectivity index (χ0n) is 9.28. The molecule has 1 N–H and O–H groups in total. The van der Waals surface area contributed by atoms with Gasteiger partial charge in [-0.25, -0.2) is 5.06 Å². The molecule has 0 saturated heterocycles. The molecule has 0 spiro atoms. The highest BCUT2D eigenvalue weighted by Gasteiger charge is 2.27. The van der Waals surface area contributed by atoms with E-state index in [0.29, 0.717) is 0 Å². The van der Waals surface area contributed by atoms with Crippen LogP contribution in [-0.4, -0.2) is 47.5 Å². The number of hydroxylamine groups is 2. The van der Waals surface area contributed by atoms with Gasteiger partial charge in [0.1, 0.15) is 12.1 Å². The number of rotatable bonds is 2. The van der Waals surface area contributed by atoms with E-state index >= 15 is 0 Å². The fourth-order valence-corrected chi connectivity index (χ4v) is 1.68. The second-order valence-corrected chi connectivity index (χ2v) is 3.80. The molecular formula is C11H14N4O. The Balaban J connectivity index is 2.38. The number of hydrogen-bond donors (Lipinski definition) is 1. The lowest BCUT2D eigenvalue weighted by molar-refractivity contribution is -0.0672. The van der Waals surface area contributed by atoms with Gasteiger partial charge in [0.2, 0.25) is 0 Å². The van der Waals surface area contributed by atoms with Gasteiger partial charge in [0.05, 0.1) is 0 Å². The molecule has 84 valence electrons. The summed E-state index contributed by atoms with van der Waals surface area (Å²) < 4.78 is 0. The standard InChI is InChI=1S/C11H14N4O/c1-14(2)11-10(13-12-8-15(11)16)9-6-4-3-5-7-9/h3-8,11,16H,1-2H3. The molecule has 16 heavy (non-hydrogen) atoms. The van der Waals surface area contributed by atoms with Crippen LogP contribution in [0.5, 0.6) is 0 Å². The van der Waals surface area contributed by atoms with E-state index in [-0.39, 0.29) is 6.17 Å². The fourth-order valence-electron chi connectivity index (χ4n) is 1.68. The van der Waals surface area contributed by atoms with Crippen LogP contribution in [0, 0.1) is 0 Å². The van der Waals surface area contributed by atoms with Gasteiger partial charge in [0.25, 0.3) is 0 Å². The lowest BCUT2D eigenvalue weighted by Gasteiger charge is -2.32. The molecule has 0 fully saturated rings. The smallest absolute Gasteiger partial charge is 0.154 e. The second-order valence-electron chi connectivity index (χ2n) is 3.80. The maximum Gasteiger partial charge on any atom is 0.154 e. The summed E-state index contributed by atoms with van der Waals surface area (Å²) in [6, 6.07) is 9.71. The number of nitrogens with zero attached hydrogens (tertiary/aromatic N) is 4. The van der Waals surface area contributed by atoms with Gasteiger partial charge in [-0.15, -0.1) is 10.2 Å². The molecule has 1 heterocycles. The SMILES string of the molecule is CN(C)C1C(c2ccccc2)=NN=CN1O. The highest BCUT2D eigenvalue weighted by atomic mass is 16.5.